The van der Waals surface area contributed by atoms with Gasteiger partial charge in [0.15, 0.2) is 0 Å². The van der Waals surface area contributed by atoms with E-state index in [2.05, 4.69) is 4.72 Å². The van der Waals surface area contributed by atoms with Crippen molar-refractivity contribution in [2.75, 3.05) is 24.4 Å². The summed E-state index contributed by atoms with van der Waals surface area (Å²) < 4.78 is 28.4. The van der Waals surface area contributed by atoms with Crippen LogP contribution in [-0.2, 0) is 10.2 Å². The molecule has 0 saturated carbocycles. The van der Waals surface area contributed by atoms with E-state index in [0.29, 0.717) is 24.3 Å². The minimum Gasteiger partial charge on any atom is -0.387 e. The number of aliphatic hydroxyl groups excluding tert-OH is 1. The van der Waals surface area contributed by atoms with E-state index in [1.54, 1.807) is 24.3 Å². The van der Waals surface area contributed by atoms with Crippen LogP contribution in [0, 0.1) is 0 Å². The van der Waals surface area contributed by atoms with Crippen molar-refractivity contribution in [3.05, 3.63) is 29.8 Å². The number of hydrogen-bond donors (Lipinski definition) is 3. The largest absolute Gasteiger partial charge is 0.387 e. The molecular weight excluding hydrogens is 278 g/mol. The van der Waals surface area contributed by atoms with E-state index in [1.165, 1.54) is 4.31 Å². The standard InChI is InChI=1S/C13H21N3O3S/c14-10-13(17)11-4-6-12(7-5-11)15-20(18,19)16-8-2-1-3-9-16/h4-7,13,15,17H,1-3,8-10,14H2. The molecule has 112 valence electrons. The Bertz CT molecular complexity index is 524. The zero-order valence-electron chi connectivity index (χ0n) is 11.3. The van der Waals surface area contributed by atoms with E-state index in [9.17, 15) is 13.5 Å². The summed E-state index contributed by atoms with van der Waals surface area (Å²) in [4.78, 5) is 0. The molecule has 1 aromatic carbocycles. The number of nitrogens with one attached hydrogen (secondary N) is 1. The van der Waals surface area contributed by atoms with Crippen molar-refractivity contribution in [2.24, 2.45) is 5.73 Å². The van der Waals surface area contributed by atoms with Gasteiger partial charge in [0.25, 0.3) is 0 Å². The summed E-state index contributed by atoms with van der Waals surface area (Å²) in [6, 6.07) is 6.61. The zero-order chi connectivity index (χ0) is 14.6. The van der Waals surface area contributed by atoms with Gasteiger partial charge in [-0.1, -0.05) is 18.6 Å². The van der Waals surface area contributed by atoms with Gasteiger partial charge in [-0.2, -0.15) is 12.7 Å². The lowest BCUT2D eigenvalue weighted by Gasteiger charge is -2.26. The average molecular weight is 299 g/mol. The number of piperidine rings is 1. The van der Waals surface area contributed by atoms with E-state index in [1.807, 2.05) is 0 Å². The predicted octanol–water partition coefficient (Wildman–Crippen LogP) is 0.821. The molecule has 1 aliphatic heterocycles. The summed E-state index contributed by atoms with van der Waals surface area (Å²) in [5, 5.41) is 9.58. The van der Waals surface area contributed by atoms with Crippen molar-refractivity contribution in [3.63, 3.8) is 0 Å². The molecule has 1 aliphatic rings. The van der Waals surface area contributed by atoms with Crippen LogP contribution in [-0.4, -0.2) is 37.5 Å². The smallest absolute Gasteiger partial charge is 0.301 e. The molecule has 20 heavy (non-hydrogen) atoms. The van der Waals surface area contributed by atoms with Gasteiger partial charge in [-0.3, -0.25) is 4.72 Å². The molecule has 6 nitrogen and oxygen atoms in total. The van der Waals surface area contributed by atoms with Crippen LogP contribution in [0.15, 0.2) is 24.3 Å². The maximum absolute atomic E-state index is 12.2. The Morgan fingerprint density at radius 3 is 2.35 bits per heavy atom. The van der Waals surface area contributed by atoms with Crippen LogP contribution in [0.25, 0.3) is 0 Å². The molecule has 0 aromatic heterocycles. The molecular formula is C13H21N3O3S. The Kier molecular flexibility index (Phi) is 4.98. The molecule has 1 aromatic rings. The van der Waals surface area contributed by atoms with Crippen LogP contribution in [0.4, 0.5) is 5.69 Å². The fraction of sp³-hybridized carbons (Fsp3) is 0.538. The summed E-state index contributed by atoms with van der Waals surface area (Å²) >= 11 is 0. The number of rotatable bonds is 5. The summed E-state index contributed by atoms with van der Waals surface area (Å²) in [7, 11) is -3.48. The highest BCUT2D eigenvalue weighted by molar-refractivity contribution is 7.90. The molecule has 1 heterocycles. The quantitative estimate of drug-likeness (QED) is 0.750. The number of nitrogens with zero attached hydrogens (tertiary/aromatic N) is 1. The van der Waals surface area contributed by atoms with E-state index < -0.39 is 16.3 Å². The topological polar surface area (TPSA) is 95.7 Å². The maximum atomic E-state index is 12.2. The molecule has 0 aliphatic carbocycles. The lowest BCUT2D eigenvalue weighted by Crippen LogP contribution is -2.39. The van der Waals surface area contributed by atoms with Gasteiger partial charge in [-0.15, -0.1) is 0 Å². The fourth-order valence-corrected chi connectivity index (χ4v) is 3.53. The molecule has 0 spiro atoms. The fourth-order valence-electron chi connectivity index (χ4n) is 2.23. The van der Waals surface area contributed by atoms with Crippen molar-refractivity contribution in [1.29, 1.82) is 0 Å². The highest BCUT2D eigenvalue weighted by Crippen LogP contribution is 2.19. The van der Waals surface area contributed by atoms with Gasteiger partial charge in [-0.25, -0.2) is 0 Å². The van der Waals surface area contributed by atoms with Crippen LogP contribution in [0.1, 0.15) is 30.9 Å². The first-order chi connectivity index (χ1) is 9.53. The SMILES string of the molecule is NCC(O)c1ccc(NS(=O)(=O)N2CCCCC2)cc1. The lowest BCUT2D eigenvalue weighted by atomic mass is 10.1. The highest BCUT2D eigenvalue weighted by Gasteiger charge is 2.23. The van der Waals surface area contributed by atoms with Gasteiger partial charge in [0.05, 0.1) is 6.10 Å². The average Bonchev–Trinajstić information content (AvgIpc) is 2.48. The minimum absolute atomic E-state index is 0.138. The van der Waals surface area contributed by atoms with Gasteiger partial charge in [0.1, 0.15) is 0 Å². The van der Waals surface area contributed by atoms with Crippen LogP contribution in [0.2, 0.25) is 0 Å². The Balaban J connectivity index is 2.05. The van der Waals surface area contributed by atoms with E-state index in [4.69, 9.17) is 5.73 Å². The molecule has 0 radical (unpaired) electrons. The molecule has 1 unspecified atom stereocenters. The van der Waals surface area contributed by atoms with Crippen molar-refractivity contribution < 1.29 is 13.5 Å². The monoisotopic (exact) mass is 299 g/mol. The van der Waals surface area contributed by atoms with E-state index in [0.717, 1.165) is 19.3 Å². The second kappa shape index (κ2) is 6.53. The summed E-state index contributed by atoms with van der Waals surface area (Å²) in [5.41, 5.74) is 6.54. The Labute approximate surface area is 119 Å². The molecule has 4 N–H and O–H groups in total. The van der Waals surface area contributed by atoms with Crippen molar-refractivity contribution >= 4 is 15.9 Å². The van der Waals surface area contributed by atoms with Crippen molar-refractivity contribution in [2.45, 2.75) is 25.4 Å². The number of nitrogens with two attached hydrogens (primary N) is 1. The van der Waals surface area contributed by atoms with Crippen LogP contribution < -0.4 is 10.5 Å². The van der Waals surface area contributed by atoms with E-state index >= 15 is 0 Å². The van der Waals surface area contributed by atoms with Crippen molar-refractivity contribution in [3.8, 4) is 0 Å². The Morgan fingerprint density at radius 1 is 1.20 bits per heavy atom. The molecule has 7 heteroatoms. The maximum Gasteiger partial charge on any atom is 0.301 e. The molecule has 0 amide bonds. The first-order valence-electron chi connectivity index (χ1n) is 6.79. The highest BCUT2D eigenvalue weighted by atomic mass is 32.2. The van der Waals surface area contributed by atoms with Gasteiger partial charge in [0.2, 0.25) is 0 Å². The van der Waals surface area contributed by atoms with Crippen LogP contribution >= 0.6 is 0 Å². The number of hydrogen-bond acceptors (Lipinski definition) is 4. The molecule has 1 atom stereocenters. The molecule has 1 saturated heterocycles. The van der Waals surface area contributed by atoms with Crippen LogP contribution in [0.5, 0.6) is 0 Å². The van der Waals surface area contributed by atoms with Gasteiger partial charge in [-0.05, 0) is 30.5 Å². The van der Waals surface area contributed by atoms with Gasteiger partial charge < -0.3 is 10.8 Å². The number of aliphatic hydroxyl groups is 1. The first-order valence-corrected chi connectivity index (χ1v) is 8.23. The summed E-state index contributed by atoms with van der Waals surface area (Å²) in [6.45, 7) is 1.28. The first kappa shape index (κ1) is 15.2. The Morgan fingerprint density at radius 2 is 1.80 bits per heavy atom. The third-order valence-corrected chi connectivity index (χ3v) is 4.96. The minimum atomic E-state index is -3.48. The summed E-state index contributed by atoms with van der Waals surface area (Å²) in [6.07, 6.45) is 2.17. The number of benzene rings is 1. The second-order valence-electron chi connectivity index (χ2n) is 4.94. The normalized spacial score (nSPS) is 18.7. The van der Waals surface area contributed by atoms with E-state index in [-0.39, 0.29) is 6.54 Å². The predicted molar refractivity (Wildman–Crippen MR) is 78.4 cm³/mol. The molecule has 2 rings (SSSR count). The van der Waals surface area contributed by atoms with Crippen LogP contribution in [0.3, 0.4) is 0 Å². The zero-order valence-corrected chi connectivity index (χ0v) is 12.1. The molecule has 1 fully saturated rings. The summed E-state index contributed by atoms with van der Waals surface area (Å²) in [5.74, 6) is 0. The molecule has 0 bridgehead atoms. The van der Waals surface area contributed by atoms with Gasteiger partial charge in [0, 0.05) is 25.3 Å². The third-order valence-electron chi connectivity index (χ3n) is 3.42. The number of anilines is 1. The van der Waals surface area contributed by atoms with Gasteiger partial charge >= 0.3 is 10.2 Å². The Hall–Kier alpha value is -1.15. The van der Waals surface area contributed by atoms with Crippen molar-refractivity contribution in [1.82, 2.24) is 4.31 Å². The third kappa shape index (κ3) is 3.69. The second-order valence-corrected chi connectivity index (χ2v) is 6.61. The lowest BCUT2D eigenvalue weighted by molar-refractivity contribution is 0.187.